The van der Waals surface area contributed by atoms with Gasteiger partial charge in [0.25, 0.3) is 0 Å². The molecular formula is C15H26N4. The Labute approximate surface area is 116 Å². The van der Waals surface area contributed by atoms with Gasteiger partial charge in [-0.25, -0.2) is 9.97 Å². The molecule has 4 nitrogen and oxygen atoms in total. The van der Waals surface area contributed by atoms with E-state index in [1.807, 2.05) is 0 Å². The molecule has 1 aliphatic rings. The van der Waals surface area contributed by atoms with Gasteiger partial charge >= 0.3 is 0 Å². The number of hydrogen-bond donors (Lipinski definition) is 0. The average molecular weight is 262 g/mol. The van der Waals surface area contributed by atoms with Crippen molar-refractivity contribution in [1.29, 1.82) is 0 Å². The zero-order chi connectivity index (χ0) is 13.7. The van der Waals surface area contributed by atoms with E-state index in [0.717, 1.165) is 37.2 Å². The summed E-state index contributed by atoms with van der Waals surface area (Å²) in [6.07, 6.45) is 6.80. The molecule has 19 heavy (non-hydrogen) atoms. The summed E-state index contributed by atoms with van der Waals surface area (Å²) in [4.78, 5) is 13.4. The van der Waals surface area contributed by atoms with E-state index in [2.05, 4.69) is 46.7 Å². The van der Waals surface area contributed by atoms with Crippen LogP contribution in [0.3, 0.4) is 0 Å². The maximum atomic E-state index is 4.43. The Morgan fingerprint density at radius 1 is 1.21 bits per heavy atom. The van der Waals surface area contributed by atoms with Crippen LogP contribution < -0.4 is 9.80 Å². The van der Waals surface area contributed by atoms with Gasteiger partial charge in [0, 0.05) is 32.7 Å². The van der Waals surface area contributed by atoms with Gasteiger partial charge in [-0.15, -0.1) is 0 Å². The van der Waals surface area contributed by atoms with Crippen LogP contribution in [0.15, 0.2) is 12.4 Å². The molecule has 0 N–H and O–H groups in total. The fourth-order valence-corrected chi connectivity index (χ4v) is 2.41. The monoisotopic (exact) mass is 262 g/mol. The van der Waals surface area contributed by atoms with Crippen LogP contribution in [-0.4, -0.2) is 36.6 Å². The number of hydrogen-bond acceptors (Lipinski definition) is 4. The molecule has 1 aromatic heterocycles. The van der Waals surface area contributed by atoms with Gasteiger partial charge in [0.2, 0.25) is 0 Å². The van der Waals surface area contributed by atoms with Crippen molar-refractivity contribution in [1.82, 2.24) is 9.97 Å². The molecule has 1 fully saturated rings. The molecule has 0 aromatic carbocycles. The number of piperidine rings is 1. The Morgan fingerprint density at radius 3 is 2.63 bits per heavy atom. The lowest BCUT2D eigenvalue weighted by Gasteiger charge is -2.28. The molecular weight excluding hydrogens is 236 g/mol. The lowest BCUT2D eigenvalue weighted by Crippen LogP contribution is -2.30. The first-order chi connectivity index (χ1) is 9.16. The zero-order valence-corrected chi connectivity index (χ0v) is 12.5. The van der Waals surface area contributed by atoms with E-state index in [1.54, 1.807) is 6.33 Å². The van der Waals surface area contributed by atoms with Crippen LogP contribution in [0.2, 0.25) is 0 Å². The molecule has 0 bridgehead atoms. The second kappa shape index (κ2) is 6.73. The number of nitrogens with zero attached hydrogens (tertiary/aromatic N) is 4. The first kappa shape index (κ1) is 14.1. The van der Waals surface area contributed by atoms with E-state index < -0.39 is 0 Å². The summed E-state index contributed by atoms with van der Waals surface area (Å²) in [5.41, 5.74) is 0. The Bertz CT molecular complexity index is 385. The largest absolute Gasteiger partial charge is 0.360 e. The molecule has 1 saturated heterocycles. The molecule has 2 heterocycles. The van der Waals surface area contributed by atoms with Crippen LogP contribution in [0.4, 0.5) is 11.6 Å². The van der Waals surface area contributed by atoms with Crippen LogP contribution >= 0.6 is 0 Å². The minimum Gasteiger partial charge on any atom is -0.360 e. The standard InChI is InChI=1S/C15H26N4/c1-13(2)7-10-18(3)14-11-15(17-12-16-14)19-8-5-4-6-9-19/h11-13H,4-10H2,1-3H3. The summed E-state index contributed by atoms with van der Waals surface area (Å²) >= 11 is 0. The molecule has 0 unspecified atom stereocenters. The third kappa shape index (κ3) is 4.08. The molecule has 0 amide bonds. The third-order valence-electron chi connectivity index (χ3n) is 3.75. The van der Waals surface area contributed by atoms with E-state index in [9.17, 15) is 0 Å². The van der Waals surface area contributed by atoms with Gasteiger partial charge in [-0.3, -0.25) is 0 Å². The van der Waals surface area contributed by atoms with Gasteiger partial charge in [0.1, 0.15) is 18.0 Å². The van der Waals surface area contributed by atoms with E-state index in [4.69, 9.17) is 0 Å². The van der Waals surface area contributed by atoms with Crippen LogP contribution in [0.1, 0.15) is 39.5 Å². The molecule has 0 saturated carbocycles. The predicted molar refractivity (Wildman–Crippen MR) is 80.8 cm³/mol. The van der Waals surface area contributed by atoms with Gasteiger partial charge in [-0.05, 0) is 31.6 Å². The molecule has 1 aliphatic heterocycles. The van der Waals surface area contributed by atoms with Crippen LogP contribution in [0.25, 0.3) is 0 Å². The van der Waals surface area contributed by atoms with Crippen molar-refractivity contribution in [3.05, 3.63) is 12.4 Å². The average Bonchev–Trinajstić information content (AvgIpc) is 2.46. The maximum absolute atomic E-state index is 4.43. The van der Waals surface area contributed by atoms with Crippen LogP contribution in [-0.2, 0) is 0 Å². The highest BCUT2D eigenvalue weighted by Gasteiger charge is 2.13. The second-order valence-electron chi connectivity index (χ2n) is 5.89. The van der Waals surface area contributed by atoms with E-state index in [1.165, 1.54) is 25.7 Å². The van der Waals surface area contributed by atoms with E-state index in [0.29, 0.717) is 0 Å². The van der Waals surface area contributed by atoms with Gasteiger partial charge in [0.05, 0.1) is 0 Å². The van der Waals surface area contributed by atoms with E-state index in [-0.39, 0.29) is 0 Å². The summed E-state index contributed by atoms with van der Waals surface area (Å²) in [6, 6.07) is 2.13. The second-order valence-corrected chi connectivity index (χ2v) is 5.89. The number of aromatic nitrogens is 2. The lowest BCUT2D eigenvalue weighted by molar-refractivity contribution is 0.571. The number of anilines is 2. The summed E-state index contributed by atoms with van der Waals surface area (Å²) in [5, 5.41) is 0. The molecule has 106 valence electrons. The first-order valence-corrected chi connectivity index (χ1v) is 7.45. The molecule has 2 rings (SSSR count). The van der Waals surface area contributed by atoms with Crippen molar-refractivity contribution in [3.63, 3.8) is 0 Å². The highest BCUT2D eigenvalue weighted by atomic mass is 15.2. The fourth-order valence-electron chi connectivity index (χ4n) is 2.41. The van der Waals surface area contributed by atoms with Crippen molar-refractivity contribution >= 4 is 11.6 Å². The SMILES string of the molecule is CC(C)CCN(C)c1cc(N2CCCCC2)ncn1. The predicted octanol–water partition coefficient (Wildman–Crippen LogP) is 2.95. The minimum absolute atomic E-state index is 0.728. The quantitative estimate of drug-likeness (QED) is 0.816. The number of rotatable bonds is 5. The maximum Gasteiger partial charge on any atom is 0.134 e. The molecule has 4 heteroatoms. The Balaban J connectivity index is 2.01. The van der Waals surface area contributed by atoms with Crippen molar-refractivity contribution in [3.8, 4) is 0 Å². The summed E-state index contributed by atoms with van der Waals surface area (Å²) < 4.78 is 0. The van der Waals surface area contributed by atoms with Crippen LogP contribution in [0.5, 0.6) is 0 Å². The van der Waals surface area contributed by atoms with E-state index >= 15 is 0 Å². The molecule has 0 aliphatic carbocycles. The van der Waals surface area contributed by atoms with Crippen molar-refractivity contribution in [2.24, 2.45) is 5.92 Å². The van der Waals surface area contributed by atoms with Gasteiger partial charge in [-0.2, -0.15) is 0 Å². The third-order valence-corrected chi connectivity index (χ3v) is 3.75. The summed E-state index contributed by atoms with van der Waals surface area (Å²) in [5.74, 6) is 2.85. The fraction of sp³-hybridized carbons (Fsp3) is 0.733. The van der Waals surface area contributed by atoms with Crippen molar-refractivity contribution in [2.45, 2.75) is 39.5 Å². The van der Waals surface area contributed by atoms with Crippen LogP contribution in [0, 0.1) is 5.92 Å². The van der Waals surface area contributed by atoms with Gasteiger partial charge < -0.3 is 9.80 Å². The first-order valence-electron chi connectivity index (χ1n) is 7.45. The van der Waals surface area contributed by atoms with Gasteiger partial charge in [-0.1, -0.05) is 13.8 Å². The minimum atomic E-state index is 0.728. The van der Waals surface area contributed by atoms with Crippen molar-refractivity contribution in [2.75, 3.05) is 36.5 Å². The Morgan fingerprint density at radius 2 is 1.95 bits per heavy atom. The lowest BCUT2D eigenvalue weighted by atomic mass is 10.1. The summed E-state index contributed by atoms with van der Waals surface area (Å²) in [6.45, 7) is 7.83. The van der Waals surface area contributed by atoms with Crippen molar-refractivity contribution < 1.29 is 0 Å². The molecule has 0 radical (unpaired) electrons. The Kier molecular flexibility index (Phi) is 5.00. The van der Waals surface area contributed by atoms with Gasteiger partial charge in [0.15, 0.2) is 0 Å². The summed E-state index contributed by atoms with van der Waals surface area (Å²) in [7, 11) is 2.12. The zero-order valence-electron chi connectivity index (χ0n) is 12.5. The Hall–Kier alpha value is -1.32. The molecule has 0 atom stereocenters. The molecule has 1 aromatic rings. The smallest absolute Gasteiger partial charge is 0.134 e. The highest BCUT2D eigenvalue weighted by Crippen LogP contribution is 2.20. The normalized spacial score (nSPS) is 15.9. The highest BCUT2D eigenvalue weighted by molar-refractivity contribution is 5.49. The topological polar surface area (TPSA) is 32.3 Å². The molecule has 0 spiro atoms.